The van der Waals surface area contributed by atoms with Crippen LogP contribution in [-0.4, -0.2) is 16.7 Å². The lowest BCUT2D eigenvalue weighted by Gasteiger charge is -2.45. The van der Waals surface area contributed by atoms with Crippen LogP contribution in [0.1, 0.15) is 49.3 Å². The molecule has 3 aromatic carbocycles. The van der Waals surface area contributed by atoms with Crippen molar-refractivity contribution in [3.05, 3.63) is 116 Å². The third-order valence-corrected chi connectivity index (χ3v) is 7.88. The van der Waals surface area contributed by atoms with Crippen LogP contribution < -0.4 is 4.90 Å². The molecule has 0 radical (unpaired) electrons. The summed E-state index contributed by atoms with van der Waals surface area (Å²) in [6.45, 7) is 5.90. The number of nitrogens with one attached hydrogen (secondary N) is 1. The van der Waals surface area contributed by atoms with E-state index in [1.54, 1.807) is 53.4 Å². The lowest BCUT2D eigenvalue weighted by Crippen LogP contribution is -2.45. The molecule has 0 bridgehead atoms. The number of aryl methyl sites for hydroxylation is 1. The van der Waals surface area contributed by atoms with E-state index >= 15 is 4.39 Å². The summed E-state index contributed by atoms with van der Waals surface area (Å²) in [6, 6.07) is 18.2. The molecule has 2 N–H and O–H groups in total. The van der Waals surface area contributed by atoms with E-state index in [9.17, 15) is 15.3 Å². The Bertz CT molecular complexity index is 1540. The lowest BCUT2D eigenvalue weighted by atomic mass is 9.67. The quantitative estimate of drug-likeness (QED) is 0.322. The zero-order valence-corrected chi connectivity index (χ0v) is 22.8. The minimum Gasteiger partial charge on any atom is -0.507 e. The molecule has 38 heavy (non-hydrogen) atoms. The number of hydrogen-bond acceptors (Lipinski definition) is 3. The number of anilines is 1. The first-order valence-electron chi connectivity index (χ1n) is 12.3. The van der Waals surface area contributed by atoms with Crippen molar-refractivity contribution < 1.29 is 14.3 Å². The second-order valence-corrected chi connectivity index (χ2v) is 11.5. The van der Waals surface area contributed by atoms with Gasteiger partial charge in [0.1, 0.15) is 17.4 Å². The van der Waals surface area contributed by atoms with Gasteiger partial charge in [0, 0.05) is 56.0 Å². The van der Waals surface area contributed by atoms with Gasteiger partial charge in [0.05, 0.1) is 0 Å². The van der Waals surface area contributed by atoms with Crippen molar-refractivity contribution in [2.45, 2.75) is 39.5 Å². The van der Waals surface area contributed by atoms with Crippen molar-refractivity contribution in [2.75, 3.05) is 4.90 Å². The third kappa shape index (κ3) is 4.55. The molecule has 0 aromatic heterocycles. The number of nitrogens with zero attached hydrogens (tertiary/aromatic N) is 1. The van der Waals surface area contributed by atoms with Gasteiger partial charge in [-0.15, -0.1) is 0 Å². The first-order chi connectivity index (χ1) is 18.0. The van der Waals surface area contributed by atoms with Crippen molar-refractivity contribution >= 4 is 46.3 Å². The average Bonchev–Trinajstić information content (AvgIpc) is 2.85. The number of Topliss-reactive ketones (excluding diaryl/α,β-unsaturated/α-hetero) is 1. The first kappa shape index (κ1) is 26.2. The molecule has 4 nitrogen and oxygen atoms in total. The summed E-state index contributed by atoms with van der Waals surface area (Å²) in [6.07, 6.45) is 0.753. The summed E-state index contributed by atoms with van der Waals surface area (Å²) in [5.74, 6) is -1.87. The molecule has 0 fully saturated rings. The molecule has 0 spiro atoms. The standard InChI is InChI=1S/C31H27Cl2FN2O2/c1-17-8-13-20(14-22(17)33)36-24-15-31(2,3)16-25(37)27(24)26(21-6-4-5-7-23(21)34)28(30(36)35)29(38)18-9-11-19(32)12-10-18/h4-14,26,35,38H,15-16H2,1-3H3/b29-28+,35-30?. The van der Waals surface area contributed by atoms with Crippen LogP contribution >= 0.6 is 23.2 Å². The van der Waals surface area contributed by atoms with E-state index in [-0.39, 0.29) is 40.4 Å². The monoisotopic (exact) mass is 548 g/mol. The highest BCUT2D eigenvalue weighted by Gasteiger charge is 2.47. The summed E-state index contributed by atoms with van der Waals surface area (Å²) in [7, 11) is 0. The topological polar surface area (TPSA) is 64.4 Å². The summed E-state index contributed by atoms with van der Waals surface area (Å²) in [4.78, 5) is 15.5. The number of amidine groups is 1. The fraction of sp³-hybridized carbons (Fsp3) is 0.226. The zero-order chi connectivity index (χ0) is 27.4. The Hall–Kier alpha value is -3.41. The number of hydrogen-bond donors (Lipinski definition) is 2. The number of halogens is 3. The Morgan fingerprint density at radius 2 is 1.74 bits per heavy atom. The van der Waals surface area contributed by atoms with Gasteiger partial charge in [-0.1, -0.05) is 61.3 Å². The van der Waals surface area contributed by atoms with Crippen LogP contribution in [0.5, 0.6) is 0 Å². The summed E-state index contributed by atoms with van der Waals surface area (Å²) in [5.41, 5.74) is 2.88. The molecular formula is C31H27Cl2FN2O2. The number of carbonyl (C=O) groups is 1. The Kier molecular flexibility index (Phi) is 6.70. The SMILES string of the molecule is Cc1ccc(N2C(=N)/C(=C(/O)c3ccc(Cl)cc3)C(c3ccccc3F)C3=C2CC(C)(C)CC3=O)cc1Cl. The van der Waals surface area contributed by atoms with Crippen LogP contribution in [0.15, 0.2) is 83.6 Å². The number of aliphatic hydroxyl groups excluding tert-OH is 1. The minimum absolute atomic E-state index is 0.0464. The molecule has 2 aliphatic rings. The second kappa shape index (κ2) is 9.72. The number of aliphatic hydroxyl groups is 1. The molecule has 3 aromatic rings. The second-order valence-electron chi connectivity index (χ2n) is 10.6. The number of allylic oxidation sites excluding steroid dienone is 2. The van der Waals surface area contributed by atoms with Crippen LogP contribution in [0, 0.1) is 23.6 Å². The number of carbonyl (C=O) groups excluding carboxylic acids is 1. The highest BCUT2D eigenvalue weighted by molar-refractivity contribution is 6.32. The molecule has 1 heterocycles. The van der Waals surface area contributed by atoms with Crippen molar-refractivity contribution in [3.8, 4) is 0 Å². The number of rotatable bonds is 3. The van der Waals surface area contributed by atoms with E-state index in [4.69, 9.17) is 23.2 Å². The number of ketones is 1. The predicted molar refractivity (Wildman–Crippen MR) is 152 cm³/mol. The molecule has 7 heteroatoms. The Morgan fingerprint density at radius 3 is 2.39 bits per heavy atom. The van der Waals surface area contributed by atoms with E-state index in [0.29, 0.717) is 39.0 Å². The highest BCUT2D eigenvalue weighted by Crippen LogP contribution is 2.51. The van der Waals surface area contributed by atoms with Gasteiger partial charge >= 0.3 is 0 Å². The van der Waals surface area contributed by atoms with Gasteiger partial charge in [-0.05, 0) is 66.8 Å². The smallest absolute Gasteiger partial charge is 0.162 e. The lowest BCUT2D eigenvalue weighted by molar-refractivity contribution is -0.118. The van der Waals surface area contributed by atoms with E-state index in [1.165, 1.54) is 6.07 Å². The van der Waals surface area contributed by atoms with E-state index in [0.717, 1.165) is 5.56 Å². The van der Waals surface area contributed by atoms with Crippen LogP contribution in [0.3, 0.4) is 0 Å². The van der Waals surface area contributed by atoms with Crippen LogP contribution in [-0.2, 0) is 4.79 Å². The van der Waals surface area contributed by atoms with Crippen molar-refractivity contribution in [1.29, 1.82) is 5.41 Å². The molecule has 1 aliphatic carbocycles. The Balaban J connectivity index is 1.87. The van der Waals surface area contributed by atoms with Crippen molar-refractivity contribution in [3.63, 3.8) is 0 Å². The highest BCUT2D eigenvalue weighted by atomic mass is 35.5. The van der Waals surface area contributed by atoms with Gasteiger partial charge in [0.15, 0.2) is 5.78 Å². The maximum absolute atomic E-state index is 15.4. The molecule has 0 saturated carbocycles. The molecule has 5 rings (SSSR count). The van der Waals surface area contributed by atoms with Crippen molar-refractivity contribution in [2.24, 2.45) is 5.41 Å². The van der Waals surface area contributed by atoms with Gasteiger partial charge in [-0.3, -0.25) is 15.1 Å². The summed E-state index contributed by atoms with van der Waals surface area (Å²) < 4.78 is 15.4. The zero-order valence-electron chi connectivity index (χ0n) is 21.3. The summed E-state index contributed by atoms with van der Waals surface area (Å²) in [5, 5.41) is 22.1. The van der Waals surface area contributed by atoms with E-state index in [2.05, 4.69) is 0 Å². The summed E-state index contributed by atoms with van der Waals surface area (Å²) >= 11 is 12.6. The average molecular weight is 549 g/mol. The Morgan fingerprint density at radius 1 is 1.05 bits per heavy atom. The van der Waals surface area contributed by atoms with E-state index in [1.807, 2.05) is 32.9 Å². The molecule has 1 atom stereocenters. The van der Waals surface area contributed by atoms with E-state index < -0.39 is 11.7 Å². The molecule has 1 aliphatic heterocycles. The largest absolute Gasteiger partial charge is 0.507 e. The first-order valence-corrected chi connectivity index (χ1v) is 13.1. The van der Waals surface area contributed by atoms with Gasteiger partial charge in [0.25, 0.3) is 0 Å². The van der Waals surface area contributed by atoms with Gasteiger partial charge in [-0.2, -0.15) is 0 Å². The number of benzene rings is 3. The van der Waals surface area contributed by atoms with Crippen molar-refractivity contribution in [1.82, 2.24) is 0 Å². The molecule has 1 unspecified atom stereocenters. The molecule has 0 saturated heterocycles. The molecular weight excluding hydrogens is 522 g/mol. The van der Waals surface area contributed by atoms with Crippen LogP contribution in [0.2, 0.25) is 10.0 Å². The van der Waals surface area contributed by atoms with Gasteiger partial charge in [-0.25, -0.2) is 4.39 Å². The predicted octanol–water partition coefficient (Wildman–Crippen LogP) is 8.63. The van der Waals surface area contributed by atoms with Crippen LogP contribution in [0.25, 0.3) is 5.76 Å². The van der Waals surface area contributed by atoms with Crippen LogP contribution in [0.4, 0.5) is 10.1 Å². The Labute approximate surface area is 231 Å². The maximum Gasteiger partial charge on any atom is 0.162 e. The fourth-order valence-electron chi connectivity index (χ4n) is 5.40. The molecule has 194 valence electrons. The maximum atomic E-state index is 15.4. The molecule has 0 amide bonds. The third-order valence-electron chi connectivity index (χ3n) is 7.23. The normalized spacial score (nSPS) is 20.5. The van der Waals surface area contributed by atoms with Gasteiger partial charge < -0.3 is 5.11 Å². The minimum atomic E-state index is -0.963. The fourth-order valence-corrected chi connectivity index (χ4v) is 5.70. The van der Waals surface area contributed by atoms with Gasteiger partial charge in [0.2, 0.25) is 0 Å².